The number of halogens is 2. The molecule has 0 aliphatic carbocycles. The van der Waals surface area contributed by atoms with Crippen molar-refractivity contribution >= 4 is 55.9 Å². The van der Waals surface area contributed by atoms with Gasteiger partial charge in [0.15, 0.2) is 10.8 Å². The van der Waals surface area contributed by atoms with Crippen molar-refractivity contribution in [3.05, 3.63) is 75.0 Å². The van der Waals surface area contributed by atoms with Crippen LogP contribution in [0.25, 0.3) is 0 Å². The summed E-state index contributed by atoms with van der Waals surface area (Å²) in [7, 11) is 0. The van der Waals surface area contributed by atoms with Gasteiger partial charge in [-0.05, 0) is 57.9 Å². The fraction of sp³-hybridized carbons (Fsp3) is 0.105. The molecule has 0 fully saturated rings. The molecule has 0 bridgehead atoms. The Morgan fingerprint density at radius 1 is 1.36 bits per heavy atom. The summed E-state index contributed by atoms with van der Waals surface area (Å²) in [5.41, 5.74) is 2.36. The molecule has 5 nitrogen and oxygen atoms in total. The summed E-state index contributed by atoms with van der Waals surface area (Å²) in [4.78, 5) is 18.6. The topological polar surface area (TPSA) is 69.0 Å². The Morgan fingerprint density at radius 3 is 2.75 bits per heavy atom. The summed E-state index contributed by atoms with van der Waals surface area (Å²) in [6, 6.07) is 15.4. The first-order valence-electron chi connectivity index (χ1n) is 8.03. The highest BCUT2D eigenvalue weighted by Gasteiger charge is 2.21. The number of carbonyl (C=O) groups excluding carboxylic acids is 1. The van der Waals surface area contributed by atoms with Crippen LogP contribution in [-0.4, -0.2) is 17.1 Å². The van der Waals surface area contributed by atoms with Crippen LogP contribution in [0.15, 0.2) is 52.3 Å². The molecule has 142 valence electrons. The van der Waals surface area contributed by atoms with Gasteiger partial charge < -0.3 is 4.90 Å². The average Bonchev–Trinajstić information content (AvgIpc) is 3.08. The zero-order valence-electron chi connectivity index (χ0n) is 14.6. The van der Waals surface area contributed by atoms with E-state index in [1.54, 1.807) is 36.6 Å². The Balaban J connectivity index is 2.01. The van der Waals surface area contributed by atoms with Crippen LogP contribution < -0.4 is 9.62 Å². The first kappa shape index (κ1) is 20.3. The second kappa shape index (κ2) is 9.19. The van der Waals surface area contributed by atoms with E-state index in [0.717, 1.165) is 11.3 Å². The number of rotatable bonds is 6. The molecule has 1 N–H and O–H groups in total. The summed E-state index contributed by atoms with van der Waals surface area (Å²) in [5.74, 6) is -0.620. The maximum Gasteiger partial charge on any atom is 0.281 e. The van der Waals surface area contributed by atoms with E-state index in [4.69, 9.17) is 5.26 Å². The fourth-order valence-corrected chi connectivity index (χ4v) is 4.29. The van der Waals surface area contributed by atoms with Gasteiger partial charge in [0.2, 0.25) is 0 Å². The largest absolute Gasteiger partial charge is 0.313 e. The third kappa shape index (κ3) is 4.70. The smallest absolute Gasteiger partial charge is 0.281 e. The van der Waals surface area contributed by atoms with Gasteiger partial charge in [0, 0.05) is 11.9 Å². The summed E-state index contributed by atoms with van der Waals surface area (Å²) < 4.78 is 16.9. The van der Waals surface area contributed by atoms with Crippen molar-refractivity contribution in [2.45, 2.75) is 6.54 Å². The first-order valence-corrected chi connectivity index (χ1v) is 10.9. The molecule has 0 saturated carbocycles. The van der Waals surface area contributed by atoms with E-state index in [9.17, 15) is 9.18 Å². The molecule has 0 saturated heterocycles. The van der Waals surface area contributed by atoms with Crippen molar-refractivity contribution in [2.24, 2.45) is 0 Å². The normalized spacial score (nSPS) is 10.4. The predicted octanol–water partition coefficient (Wildman–Crippen LogP) is 5.26. The molecule has 2 aromatic carbocycles. The maximum atomic E-state index is 13.6. The van der Waals surface area contributed by atoms with Gasteiger partial charge in [0.1, 0.15) is 9.60 Å². The monoisotopic (exact) mass is 476 g/mol. The Hall–Kier alpha value is -2.41. The minimum Gasteiger partial charge on any atom is -0.313 e. The lowest BCUT2D eigenvalue weighted by atomic mass is 10.1. The molecule has 1 heterocycles. The molecule has 0 unspecified atom stereocenters. The molecule has 0 atom stereocenters. The second-order valence-corrected chi connectivity index (χ2v) is 8.54. The minimum atomic E-state index is -0.322. The van der Waals surface area contributed by atoms with Gasteiger partial charge in [-0.1, -0.05) is 35.4 Å². The van der Waals surface area contributed by atoms with Crippen LogP contribution in [0.5, 0.6) is 0 Å². The molecule has 0 aliphatic rings. The van der Waals surface area contributed by atoms with Crippen molar-refractivity contribution in [3.63, 3.8) is 0 Å². The standard InChI is InChI=1S/C19H14BrFN4OS2/c1-27-24-18(26)16-17(20)28-19(23-16)25(11-13-3-2-4-14(21)9-13)15-7-5-12(10-22)6-8-15/h2-9H,11H2,1H3,(H,24,26). The number of nitrogens with zero attached hydrogens (tertiary/aromatic N) is 3. The third-order valence-corrected chi connectivity index (χ3v) is 5.87. The molecule has 0 radical (unpaired) electrons. The van der Waals surface area contributed by atoms with Crippen molar-refractivity contribution in [3.8, 4) is 6.07 Å². The molecule has 0 aliphatic heterocycles. The van der Waals surface area contributed by atoms with E-state index in [1.165, 1.54) is 35.4 Å². The molecular weight excluding hydrogens is 463 g/mol. The zero-order valence-corrected chi connectivity index (χ0v) is 17.9. The third-order valence-electron chi connectivity index (χ3n) is 3.75. The van der Waals surface area contributed by atoms with E-state index in [-0.39, 0.29) is 17.4 Å². The number of hydrogen-bond donors (Lipinski definition) is 1. The Labute approximate surface area is 178 Å². The number of carbonyl (C=O) groups is 1. The first-order chi connectivity index (χ1) is 13.5. The van der Waals surface area contributed by atoms with Crippen LogP contribution in [0.1, 0.15) is 21.6 Å². The number of anilines is 2. The van der Waals surface area contributed by atoms with Gasteiger partial charge in [-0.2, -0.15) is 5.26 Å². The van der Waals surface area contributed by atoms with Gasteiger partial charge in [-0.3, -0.25) is 9.52 Å². The molecule has 9 heteroatoms. The van der Waals surface area contributed by atoms with Crippen molar-refractivity contribution in [2.75, 3.05) is 11.2 Å². The Kier molecular flexibility index (Phi) is 6.67. The number of amides is 1. The van der Waals surface area contributed by atoms with Crippen LogP contribution in [-0.2, 0) is 6.54 Å². The van der Waals surface area contributed by atoms with E-state index >= 15 is 0 Å². The second-order valence-electron chi connectivity index (χ2n) is 5.63. The summed E-state index contributed by atoms with van der Waals surface area (Å²) >= 11 is 5.91. The van der Waals surface area contributed by atoms with Crippen LogP contribution in [0, 0.1) is 17.1 Å². The van der Waals surface area contributed by atoms with Crippen LogP contribution >= 0.6 is 39.2 Å². The minimum absolute atomic E-state index is 0.284. The Bertz CT molecular complexity index is 1030. The van der Waals surface area contributed by atoms with E-state index in [1.807, 2.05) is 11.0 Å². The lowest BCUT2D eigenvalue weighted by molar-refractivity contribution is 0.0980. The van der Waals surface area contributed by atoms with Crippen LogP contribution in [0.4, 0.5) is 15.2 Å². The average molecular weight is 477 g/mol. The van der Waals surface area contributed by atoms with Crippen molar-refractivity contribution < 1.29 is 9.18 Å². The number of nitrogens with one attached hydrogen (secondary N) is 1. The van der Waals surface area contributed by atoms with Gasteiger partial charge in [0.25, 0.3) is 5.91 Å². The van der Waals surface area contributed by atoms with E-state index < -0.39 is 0 Å². The summed E-state index contributed by atoms with van der Waals surface area (Å²) in [6.07, 6.45) is 1.76. The predicted molar refractivity (Wildman–Crippen MR) is 114 cm³/mol. The SMILES string of the molecule is CSNC(=O)c1nc(N(Cc2cccc(F)c2)c2ccc(C#N)cc2)sc1Br. The Morgan fingerprint density at radius 2 is 2.11 bits per heavy atom. The quantitative estimate of drug-likeness (QED) is 0.491. The molecular formula is C19H14BrFN4OS2. The number of benzene rings is 2. The zero-order chi connectivity index (χ0) is 20.1. The summed E-state index contributed by atoms with van der Waals surface area (Å²) in [6.45, 7) is 0.354. The number of aromatic nitrogens is 1. The number of hydrogen-bond acceptors (Lipinski definition) is 6. The van der Waals surface area contributed by atoms with Crippen molar-refractivity contribution in [1.29, 1.82) is 5.26 Å². The van der Waals surface area contributed by atoms with Crippen molar-refractivity contribution in [1.82, 2.24) is 9.71 Å². The number of nitriles is 1. The summed E-state index contributed by atoms with van der Waals surface area (Å²) in [5, 5.41) is 9.61. The van der Waals surface area contributed by atoms with Gasteiger partial charge >= 0.3 is 0 Å². The highest BCUT2D eigenvalue weighted by atomic mass is 79.9. The fourth-order valence-electron chi connectivity index (χ4n) is 2.49. The van der Waals surface area contributed by atoms with Gasteiger partial charge in [0.05, 0.1) is 18.2 Å². The van der Waals surface area contributed by atoms with Crippen LogP contribution in [0.2, 0.25) is 0 Å². The molecule has 1 aromatic heterocycles. The lowest BCUT2D eigenvalue weighted by Crippen LogP contribution is -2.18. The van der Waals surface area contributed by atoms with Crippen LogP contribution in [0.3, 0.4) is 0 Å². The molecule has 0 spiro atoms. The molecule has 3 aromatic rings. The maximum absolute atomic E-state index is 13.6. The highest BCUT2D eigenvalue weighted by molar-refractivity contribution is 9.11. The molecule has 3 rings (SSSR count). The van der Waals surface area contributed by atoms with Gasteiger partial charge in [-0.15, -0.1) is 0 Å². The number of thiazole rings is 1. The molecule has 1 amide bonds. The highest BCUT2D eigenvalue weighted by Crippen LogP contribution is 2.36. The lowest BCUT2D eigenvalue weighted by Gasteiger charge is -2.22. The van der Waals surface area contributed by atoms with E-state index in [2.05, 4.69) is 31.7 Å². The van der Waals surface area contributed by atoms with E-state index in [0.29, 0.717) is 21.0 Å². The molecule has 28 heavy (non-hydrogen) atoms. The van der Waals surface area contributed by atoms with Gasteiger partial charge in [-0.25, -0.2) is 9.37 Å².